The van der Waals surface area contributed by atoms with Gasteiger partial charge in [0.15, 0.2) is 4.34 Å². The van der Waals surface area contributed by atoms with Crippen LogP contribution in [0.2, 0.25) is 0 Å². The van der Waals surface area contributed by atoms with Crippen LogP contribution < -0.4 is 10.1 Å². The Morgan fingerprint density at radius 3 is 2.96 bits per heavy atom. The highest BCUT2D eigenvalue weighted by atomic mass is 79.9. The van der Waals surface area contributed by atoms with Crippen molar-refractivity contribution in [2.75, 3.05) is 32.7 Å². The van der Waals surface area contributed by atoms with Crippen molar-refractivity contribution in [3.63, 3.8) is 0 Å². The third-order valence-corrected chi connectivity index (χ3v) is 6.74. The Balaban J connectivity index is 1.62. The summed E-state index contributed by atoms with van der Waals surface area (Å²) < 4.78 is 12.4. The Hall–Kier alpha value is -1.20. The first kappa shape index (κ1) is 19.6. The van der Waals surface area contributed by atoms with Crippen molar-refractivity contribution in [1.82, 2.24) is 15.2 Å². The predicted octanol–water partition coefficient (Wildman–Crippen LogP) is 4.78. The molecule has 0 bridgehead atoms. The van der Waals surface area contributed by atoms with Gasteiger partial charge in [0.2, 0.25) is 5.13 Å². The molecule has 0 saturated heterocycles. The number of nitrogens with one attached hydrogen (secondary N) is 1. The van der Waals surface area contributed by atoms with Crippen molar-refractivity contribution < 1.29 is 9.47 Å². The summed E-state index contributed by atoms with van der Waals surface area (Å²) in [6.07, 6.45) is 0. The number of thiazole rings is 1. The predicted molar refractivity (Wildman–Crippen MR) is 112 cm³/mol. The van der Waals surface area contributed by atoms with Gasteiger partial charge in [-0.2, -0.15) is 0 Å². The van der Waals surface area contributed by atoms with Crippen molar-refractivity contribution in [3.8, 4) is 16.3 Å². The Bertz CT molecular complexity index is 856. The van der Waals surface area contributed by atoms with Gasteiger partial charge in [0.1, 0.15) is 10.8 Å². The third kappa shape index (κ3) is 5.17. The van der Waals surface area contributed by atoms with E-state index in [1.165, 1.54) is 11.3 Å². The Morgan fingerprint density at radius 2 is 2.15 bits per heavy atom. The zero-order valence-electron chi connectivity index (χ0n) is 14.2. The van der Waals surface area contributed by atoms with E-state index >= 15 is 0 Å². The summed E-state index contributed by atoms with van der Waals surface area (Å²) in [5.41, 5.74) is 2.00. The highest BCUT2D eigenvalue weighted by molar-refractivity contribution is 9.10. The number of methoxy groups -OCH3 is 2. The molecule has 0 aliphatic rings. The van der Waals surface area contributed by atoms with Gasteiger partial charge >= 0.3 is 0 Å². The van der Waals surface area contributed by atoms with E-state index in [9.17, 15) is 0 Å². The van der Waals surface area contributed by atoms with E-state index in [0.29, 0.717) is 6.61 Å². The summed E-state index contributed by atoms with van der Waals surface area (Å²) in [5, 5.41) is 15.3. The van der Waals surface area contributed by atoms with E-state index in [4.69, 9.17) is 14.5 Å². The number of thioether (sulfide) groups is 1. The fraction of sp³-hybridized carbons (Fsp3) is 0.312. The maximum absolute atomic E-state index is 5.44. The third-order valence-electron chi connectivity index (χ3n) is 3.28. The van der Waals surface area contributed by atoms with Gasteiger partial charge in [-0.3, -0.25) is 0 Å². The molecule has 3 rings (SSSR count). The highest BCUT2D eigenvalue weighted by Gasteiger charge is 2.12. The van der Waals surface area contributed by atoms with Gasteiger partial charge in [0.25, 0.3) is 0 Å². The summed E-state index contributed by atoms with van der Waals surface area (Å²) in [6, 6.07) is 5.92. The number of rotatable bonds is 9. The Kier molecular flexibility index (Phi) is 7.26. The molecule has 26 heavy (non-hydrogen) atoms. The van der Waals surface area contributed by atoms with Crippen molar-refractivity contribution in [3.05, 3.63) is 33.7 Å². The molecule has 6 nitrogen and oxygen atoms in total. The Labute approximate surface area is 172 Å². The summed E-state index contributed by atoms with van der Waals surface area (Å²) in [4.78, 5) is 4.73. The molecule has 0 aliphatic carbocycles. The first-order chi connectivity index (χ1) is 12.7. The lowest BCUT2D eigenvalue weighted by atomic mass is 10.2. The summed E-state index contributed by atoms with van der Waals surface area (Å²) in [6.45, 7) is 1.36. The molecule has 0 aliphatic heterocycles. The maximum atomic E-state index is 5.44. The fourth-order valence-corrected chi connectivity index (χ4v) is 5.06. The van der Waals surface area contributed by atoms with E-state index in [1.54, 1.807) is 37.3 Å². The largest absolute Gasteiger partial charge is 0.496 e. The molecule has 0 radical (unpaired) electrons. The zero-order chi connectivity index (χ0) is 18.4. The lowest BCUT2D eigenvalue weighted by molar-refractivity contribution is 0.211. The SMILES string of the molecule is COCCNc1nnc(SCc2csc(-c3cc(Br)ccc3OC)n2)s1. The number of ether oxygens (including phenoxy) is 2. The van der Waals surface area contributed by atoms with Gasteiger partial charge in [0, 0.05) is 29.3 Å². The fourth-order valence-electron chi connectivity index (χ4n) is 2.08. The van der Waals surface area contributed by atoms with Crippen LogP contribution in [0.3, 0.4) is 0 Å². The average Bonchev–Trinajstić information content (AvgIpc) is 3.29. The number of halogens is 1. The van der Waals surface area contributed by atoms with Gasteiger partial charge in [-0.1, -0.05) is 39.0 Å². The molecular weight excluding hydrogens is 456 g/mol. The van der Waals surface area contributed by atoms with Crippen LogP contribution in [0.15, 0.2) is 32.4 Å². The summed E-state index contributed by atoms with van der Waals surface area (Å²) in [5.74, 6) is 1.57. The summed E-state index contributed by atoms with van der Waals surface area (Å²) >= 11 is 8.29. The van der Waals surface area contributed by atoms with Crippen molar-refractivity contribution in [1.29, 1.82) is 0 Å². The lowest BCUT2D eigenvalue weighted by Gasteiger charge is -2.06. The summed E-state index contributed by atoms with van der Waals surface area (Å²) in [7, 11) is 3.35. The molecule has 0 saturated carbocycles. The van der Waals surface area contributed by atoms with Crippen LogP contribution >= 0.6 is 50.4 Å². The number of benzene rings is 1. The van der Waals surface area contributed by atoms with Gasteiger partial charge in [-0.25, -0.2) is 4.98 Å². The van der Waals surface area contributed by atoms with Crippen molar-refractivity contribution in [2.24, 2.45) is 0 Å². The molecule has 0 unspecified atom stereocenters. The average molecular weight is 473 g/mol. The number of nitrogens with zero attached hydrogens (tertiary/aromatic N) is 3. The number of anilines is 1. The molecule has 1 N–H and O–H groups in total. The molecular formula is C16H17BrN4O2S3. The second kappa shape index (κ2) is 9.65. The molecule has 0 fully saturated rings. The van der Waals surface area contributed by atoms with Gasteiger partial charge in [-0.15, -0.1) is 21.5 Å². The molecule has 3 aromatic rings. The molecule has 10 heteroatoms. The molecule has 0 spiro atoms. The first-order valence-electron chi connectivity index (χ1n) is 7.67. The second-order valence-corrected chi connectivity index (χ2v) is 9.04. The van der Waals surface area contributed by atoms with Crippen LogP contribution in [0, 0.1) is 0 Å². The van der Waals surface area contributed by atoms with Crippen molar-refractivity contribution in [2.45, 2.75) is 10.1 Å². The van der Waals surface area contributed by atoms with Crippen molar-refractivity contribution >= 4 is 55.5 Å². The quantitative estimate of drug-likeness (QED) is 0.354. The zero-order valence-corrected chi connectivity index (χ0v) is 18.2. The highest BCUT2D eigenvalue weighted by Crippen LogP contribution is 2.36. The number of hydrogen-bond donors (Lipinski definition) is 1. The van der Waals surface area contributed by atoms with E-state index < -0.39 is 0 Å². The van der Waals surface area contributed by atoms with Gasteiger partial charge in [-0.05, 0) is 18.2 Å². The minimum atomic E-state index is 0.642. The van der Waals surface area contributed by atoms with E-state index in [2.05, 4.69) is 36.8 Å². The minimum absolute atomic E-state index is 0.642. The van der Waals surface area contributed by atoms with Crippen LogP contribution in [0.25, 0.3) is 10.6 Å². The van der Waals surface area contributed by atoms with E-state index in [-0.39, 0.29) is 0 Å². The van der Waals surface area contributed by atoms with Crippen LogP contribution in [0.5, 0.6) is 5.75 Å². The van der Waals surface area contributed by atoms with Crippen LogP contribution in [-0.2, 0) is 10.5 Å². The van der Waals surface area contributed by atoms with E-state index in [0.717, 1.165) is 48.3 Å². The van der Waals surface area contributed by atoms with Gasteiger partial charge in [0.05, 0.1) is 25.0 Å². The second-order valence-electron chi connectivity index (χ2n) is 5.07. The molecule has 0 amide bonds. The minimum Gasteiger partial charge on any atom is -0.496 e. The normalized spacial score (nSPS) is 10.9. The van der Waals surface area contributed by atoms with Crippen LogP contribution in [-0.4, -0.2) is 42.6 Å². The smallest absolute Gasteiger partial charge is 0.206 e. The standard InChI is InChI=1S/C16H17BrN4O2S3/c1-22-6-5-18-15-20-21-16(26-15)25-9-11-8-24-14(19-11)12-7-10(17)3-4-13(12)23-2/h3-4,7-8H,5-6,9H2,1-2H3,(H,18,20). The van der Waals surface area contributed by atoms with Gasteiger partial charge < -0.3 is 14.8 Å². The lowest BCUT2D eigenvalue weighted by Crippen LogP contribution is -2.06. The van der Waals surface area contributed by atoms with Crippen LogP contribution in [0.1, 0.15) is 5.69 Å². The number of hydrogen-bond acceptors (Lipinski definition) is 9. The molecule has 1 aromatic carbocycles. The molecule has 0 atom stereocenters. The van der Waals surface area contributed by atoms with Crippen LogP contribution in [0.4, 0.5) is 5.13 Å². The Morgan fingerprint density at radius 1 is 1.27 bits per heavy atom. The first-order valence-corrected chi connectivity index (χ1v) is 11.1. The molecule has 2 heterocycles. The topological polar surface area (TPSA) is 69.2 Å². The van der Waals surface area contributed by atoms with E-state index in [1.807, 2.05) is 18.2 Å². The molecule has 138 valence electrons. The maximum Gasteiger partial charge on any atom is 0.206 e. The monoisotopic (exact) mass is 472 g/mol. The number of aromatic nitrogens is 3. The molecule has 2 aromatic heterocycles.